The van der Waals surface area contributed by atoms with Crippen molar-refractivity contribution in [3.8, 4) is 0 Å². The summed E-state index contributed by atoms with van der Waals surface area (Å²) in [6.07, 6.45) is -0.228. The van der Waals surface area contributed by atoms with E-state index >= 15 is 0 Å². The van der Waals surface area contributed by atoms with Crippen molar-refractivity contribution >= 4 is 25.5 Å². The molecule has 1 aliphatic rings. The Balaban J connectivity index is 1.89. The highest BCUT2D eigenvalue weighted by Gasteiger charge is 2.42. The highest BCUT2D eigenvalue weighted by molar-refractivity contribution is 6.71. The highest BCUT2D eigenvalue weighted by atomic mass is 28.3. The smallest absolute Gasteiger partial charge is 0.280 e. The van der Waals surface area contributed by atoms with E-state index in [-0.39, 0.29) is 29.1 Å². The van der Waals surface area contributed by atoms with Crippen LogP contribution in [0.4, 0.5) is 5.95 Å². The van der Waals surface area contributed by atoms with E-state index in [4.69, 9.17) is 15.9 Å². The normalized spacial score (nSPS) is 27.9. The lowest BCUT2D eigenvalue weighted by atomic mass is 10.0. The van der Waals surface area contributed by atoms with E-state index in [0.717, 1.165) is 0 Å². The van der Waals surface area contributed by atoms with Crippen molar-refractivity contribution in [1.82, 2.24) is 24.5 Å². The van der Waals surface area contributed by atoms with Gasteiger partial charge in [0.25, 0.3) is 5.56 Å². The van der Waals surface area contributed by atoms with Crippen LogP contribution in [0.5, 0.6) is 0 Å². The summed E-state index contributed by atoms with van der Waals surface area (Å²) in [5.41, 5.74) is 5.62. The van der Waals surface area contributed by atoms with Crippen molar-refractivity contribution < 1.29 is 9.84 Å². The number of anilines is 1. The Morgan fingerprint density at radius 1 is 1.54 bits per heavy atom. The molecular weight excluding hydrogens is 330 g/mol. The van der Waals surface area contributed by atoms with Crippen LogP contribution < -0.4 is 21.7 Å². The average Bonchev–Trinajstić information content (AvgIpc) is 3.00. The number of aromatic nitrogens is 4. The fourth-order valence-electron chi connectivity index (χ4n) is 2.82. The molecular formula is C13H23N7O3Si. The Hall–Kier alpha value is -1.79. The first-order valence-electron chi connectivity index (χ1n) is 7.77. The van der Waals surface area contributed by atoms with E-state index in [2.05, 4.69) is 19.9 Å². The van der Waals surface area contributed by atoms with Crippen LogP contribution in [0.25, 0.3) is 11.2 Å². The molecule has 132 valence electrons. The summed E-state index contributed by atoms with van der Waals surface area (Å²) in [7, 11) is -1.93. The SMILES string of the molecule is C[C@H]1[C@@H](O)[C@H](n2cnc3c(=O)[nH]c(N)nc32)O[C@@H]1CN[Si](C)(C)N. The van der Waals surface area contributed by atoms with Crippen LogP contribution in [0.15, 0.2) is 11.1 Å². The van der Waals surface area contributed by atoms with Crippen LogP contribution in [-0.4, -0.2) is 51.8 Å². The molecule has 0 saturated carbocycles. The van der Waals surface area contributed by atoms with Gasteiger partial charge >= 0.3 is 0 Å². The molecule has 3 rings (SSSR count). The summed E-state index contributed by atoms with van der Waals surface area (Å²) in [5.74, 6) is -0.125. The number of ether oxygens (including phenoxy) is 1. The van der Waals surface area contributed by atoms with Gasteiger partial charge < -0.3 is 26.0 Å². The molecule has 0 radical (unpaired) electrons. The van der Waals surface area contributed by atoms with E-state index in [0.29, 0.717) is 6.54 Å². The van der Waals surface area contributed by atoms with E-state index in [1.54, 1.807) is 4.57 Å². The highest BCUT2D eigenvalue weighted by Crippen LogP contribution is 2.34. The first-order chi connectivity index (χ1) is 11.2. The molecule has 4 atom stereocenters. The van der Waals surface area contributed by atoms with E-state index in [9.17, 15) is 9.90 Å². The number of nitrogens with one attached hydrogen (secondary N) is 2. The van der Waals surface area contributed by atoms with Crippen LogP contribution in [0.3, 0.4) is 0 Å². The van der Waals surface area contributed by atoms with Gasteiger partial charge in [-0.1, -0.05) is 6.92 Å². The number of fused-ring (bicyclic) bond motifs is 1. The number of rotatable bonds is 4. The van der Waals surface area contributed by atoms with Crippen molar-refractivity contribution in [1.29, 1.82) is 0 Å². The predicted molar refractivity (Wildman–Crippen MR) is 91.3 cm³/mol. The first kappa shape index (κ1) is 17.0. The number of aliphatic hydroxyl groups excluding tert-OH is 1. The summed E-state index contributed by atoms with van der Waals surface area (Å²) < 4.78 is 7.55. The van der Waals surface area contributed by atoms with Crippen molar-refractivity contribution in [3.05, 3.63) is 16.7 Å². The maximum absolute atomic E-state index is 11.9. The molecule has 0 aliphatic carbocycles. The van der Waals surface area contributed by atoms with Crippen LogP contribution in [-0.2, 0) is 4.74 Å². The molecule has 10 nitrogen and oxygen atoms in total. The zero-order chi connectivity index (χ0) is 17.6. The molecule has 0 aromatic carbocycles. The summed E-state index contributed by atoms with van der Waals surface area (Å²) in [5, 5.41) is 16.6. The largest absolute Gasteiger partial charge is 0.388 e. The number of hydrogen-bond acceptors (Lipinski definition) is 8. The van der Waals surface area contributed by atoms with Gasteiger partial charge in [0.2, 0.25) is 5.95 Å². The van der Waals surface area contributed by atoms with Crippen LogP contribution in [0, 0.1) is 5.92 Å². The van der Waals surface area contributed by atoms with Gasteiger partial charge in [-0.15, -0.1) is 0 Å². The minimum Gasteiger partial charge on any atom is -0.388 e. The molecule has 0 bridgehead atoms. The van der Waals surface area contributed by atoms with Crippen molar-refractivity contribution in [2.75, 3.05) is 12.3 Å². The van der Waals surface area contributed by atoms with Crippen molar-refractivity contribution in [2.24, 2.45) is 11.3 Å². The minimum atomic E-state index is -1.93. The maximum Gasteiger partial charge on any atom is 0.280 e. The second-order valence-corrected chi connectivity index (χ2v) is 10.6. The van der Waals surface area contributed by atoms with Crippen LogP contribution >= 0.6 is 0 Å². The molecule has 1 fully saturated rings. The number of nitrogen functional groups attached to an aromatic ring is 1. The fourth-order valence-corrected chi connectivity index (χ4v) is 3.55. The number of nitrogens with two attached hydrogens (primary N) is 2. The molecule has 0 unspecified atom stereocenters. The molecule has 0 amide bonds. The Kier molecular flexibility index (Phi) is 4.21. The minimum absolute atomic E-state index is 0.0103. The monoisotopic (exact) mass is 353 g/mol. The summed E-state index contributed by atoms with van der Waals surface area (Å²) in [4.78, 5) is 25.7. The van der Waals surface area contributed by atoms with Gasteiger partial charge in [-0.2, -0.15) is 4.98 Å². The van der Waals surface area contributed by atoms with Gasteiger partial charge in [0.1, 0.15) is 6.10 Å². The number of hydrogen-bond donors (Lipinski definition) is 5. The third-order valence-corrected chi connectivity index (χ3v) is 5.33. The lowest BCUT2D eigenvalue weighted by Crippen LogP contribution is -2.56. The molecule has 3 heterocycles. The third kappa shape index (κ3) is 3.08. The Morgan fingerprint density at radius 3 is 2.92 bits per heavy atom. The maximum atomic E-state index is 11.9. The van der Waals surface area contributed by atoms with Gasteiger partial charge in [-0.25, -0.2) is 4.98 Å². The first-order valence-corrected chi connectivity index (χ1v) is 10.8. The zero-order valence-corrected chi connectivity index (χ0v) is 14.9. The summed E-state index contributed by atoms with van der Waals surface area (Å²) in [6.45, 7) is 6.44. The Labute approximate surface area is 139 Å². The lowest BCUT2D eigenvalue weighted by Gasteiger charge is -2.22. The van der Waals surface area contributed by atoms with Gasteiger partial charge in [0.05, 0.1) is 12.4 Å². The van der Waals surface area contributed by atoms with Crippen LogP contribution in [0.1, 0.15) is 13.2 Å². The van der Waals surface area contributed by atoms with E-state index < -0.39 is 26.3 Å². The lowest BCUT2D eigenvalue weighted by molar-refractivity contribution is -0.0331. The molecule has 1 aliphatic heterocycles. The second-order valence-electron chi connectivity index (χ2n) is 6.79. The molecule has 2 aromatic rings. The van der Waals surface area contributed by atoms with Crippen LogP contribution in [0.2, 0.25) is 13.1 Å². The average molecular weight is 353 g/mol. The number of imidazole rings is 1. The number of aliphatic hydroxyl groups is 1. The summed E-state index contributed by atoms with van der Waals surface area (Å²) in [6, 6.07) is 0. The topological polar surface area (TPSA) is 157 Å². The third-order valence-electron chi connectivity index (χ3n) is 4.22. The molecule has 11 heteroatoms. The molecule has 0 spiro atoms. The standard InChI is InChI=1S/C13H23N7O3Si/c1-6-7(4-17-24(2,3)15)23-12(9(6)21)20-5-16-8-10(20)18-13(14)19-11(8)22/h5-7,9,12,17,21H,4,15H2,1-3H3,(H3,14,18,19,22)/t6-,7-,9-,12-/m1/s1. The number of aromatic amines is 1. The van der Waals surface area contributed by atoms with Gasteiger partial charge in [0, 0.05) is 12.5 Å². The quantitative estimate of drug-likeness (QED) is 0.431. The molecule has 7 N–H and O–H groups in total. The molecule has 2 aromatic heterocycles. The van der Waals surface area contributed by atoms with Gasteiger partial charge in [-0.3, -0.25) is 14.3 Å². The fraction of sp³-hybridized carbons (Fsp3) is 0.615. The second kappa shape index (κ2) is 5.93. The van der Waals surface area contributed by atoms with Gasteiger partial charge in [-0.05, 0) is 13.1 Å². The van der Waals surface area contributed by atoms with E-state index in [1.807, 2.05) is 20.0 Å². The number of H-pyrrole nitrogens is 1. The Bertz CT molecular complexity index is 799. The zero-order valence-electron chi connectivity index (χ0n) is 13.9. The number of nitrogens with zero attached hydrogens (tertiary/aromatic N) is 3. The molecule has 1 saturated heterocycles. The molecule has 24 heavy (non-hydrogen) atoms. The van der Waals surface area contributed by atoms with Crippen molar-refractivity contribution in [2.45, 2.75) is 38.5 Å². The summed E-state index contributed by atoms with van der Waals surface area (Å²) >= 11 is 0. The van der Waals surface area contributed by atoms with E-state index in [1.165, 1.54) is 6.33 Å². The van der Waals surface area contributed by atoms with Gasteiger partial charge in [0.15, 0.2) is 25.8 Å². The Morgan fingerprint density at radius 2 is 2.25 bits per heavy atom. The predicted octanol–water partition coefficient (Wildman–Crippen LogP) is -1.15. The van der Waals surface area contributed by atoms with Crippen molar-refractivity contribution in [3.63, 3.8) is 0 Å².